The Morgan fingerprint density at radius 1 is 1.32 bits per heavy atom. The Balaban J connectivity index is 1.74. The molecule has 5 nitrogen and oxygen atoms in total. The van der Waals surface area contributed by atoms with Crippen molar-refractivity contribution < 1.29 is 9.53 Å². The molecule has 1 unspecified atom stereocenters. The van der Waals surface area contributed by atoms with Crippen molar-refractivity contribution in [3.8, 4) is 0 Å². The number of nitrogens with two attached hydrogens (primary N) is 1. The molecule has 0 saturated carbocycles. The number of carbonyl (C=O) groups is 1. The summed E-state index contributed by atoms with van der Waals surface area (Å²) in [4.78, 5) is 14.4. The van der Waals surface area contributed by atoms with E-state index in [2.05, 4.69) is 10.2 Å². The van der Waals surface area contributed by atoms with Crippen LogP contribution in [-0.2, 0) is 9.53 Å². The Labute approximate surface area is 115 Å². The first-order valence-electron chi connectivity index (χ1n) is 7.57. The van der Waals surface area contributed by atoms with E-state index in [4.69, 9.17) is 10.5 Å². The third-order valence-corrected chi connectivity index (χ3v) is 4.18. The van der Waals surface area contributed by atoms with E-state index in [0.717, 1.165) is 51.6 Å². The van der Waals surface area contributed by atoms with E-state index in [-0.39, 0.29) is 11.8 Å². The van der Waals surface area contributed by atoms with Crippen LogP contribution in [0.25, 0.3) is 0 Å². The first kappa shape index (κ1) is 14.8. The van der Waals surface area contributed by atoms with Crippen molar-refractivity contribution in [1.82, 2.24) is 10.2 Å². The van der Waals surface area contributed by atoms with Crippen molar-refractivity contribution >= 4 is 5.91 Å². The highest BCUT2D eigenvalue weighted by Crippen LogP contribution is 2.21. The largest absolute Gasteiger partial charge is 0.381 e. The molecule has 0 radical (unpaired) electrons. The Hall–Kier alpha value is -0.650. The highest BCUT2D eigenvalue weighted by Gasteiger charge is 2.27. The maximum Gasteiger partial charge on any atom is 0.224 e. The zero-order valence-corrected chi connectivity index (χ0v) is 11.8. The molecule has 19 heavy (non-hydrogen) atoms. The van der Waals surface area contributed by atoms with E-state index in [0.29, 0.717) is 13.1 Å². The zero-order chi connectivity index (χ0) is 13.5. The summed E-state index contributed by atoms with van der Waals surface area (Å²) in [6.45, 7) is 6.09. The average Bonchev–Trinajstić information content (AvgIpc) is 2.46. The highest BCUT2D eigenvalue weighted by atomic mass is 16.5. The molecular weight excluding hydrogens is 242 g/mol. The van der Waals surface area contributed by atoms with Gasteiger partial charge in [0, 0.05) is 39.4 Å². The van der Waals surface area contributed by atoms with Crippen LogP contribution >= 0.6 is 0 Å². The van der Waals surface area contributed by atoms with Gasteiger partial charge in [-0.1, -0.05) is 0 Å². The molecule has 2 heterocycles. The maximum atomic E-state index is 12.0. The van der Waals surface area contributed by atoms with Gasteiger partial charge in [-0.05, 0) is 38.1 Å². The van der Waals surface area contributed by atoms with Crippen LogP contribution in [0.1, 0.15) is 25.7 Å². The van der Waals surface area contributed by atoms with Gasteiger partial charge in [0.1, 0.15) is 0 Å². The monoisotopic (exact) mass is 269 g/mol. The summed E-state index contributed by atoms with van der Waals surface area (Å²) in [6, 6.07) is 0. The molecule has 2 aliphatic rings. The second-order valence-electron chi connectivity index (χ2n) is 5.73. The minimum Gasteiger partial charge on any atom is -0.381 e. The molecule has 0 aromatic carbocycles. The molecule has 0 aromatic heterocycles. The molecule has 5 heteroatoms. The van der Waals surface area contributed by atoms with Crippen molar-refractivity contribution in [3.63, 3.8) is 0 Å². The Bertz CT molecular complexity index is 280. The predicted molar refractivity (Wildman–Crippen MR) is 74.8 cm³/mol. The molecule has 3 N–H and O–H groups in total. The van der Waals surface area contributed by atoms with E-state index in [1.807, 2.05) is 0 Å². The Morgan fingerprint density at radius 3 is 2.84 bits per heavy atom. The molecule has 0 spiro atoms. The smallest absolute Gasteiger partial charge is 0.224 e. The van der Waals surface area contributed by atoms with Gasteiger partial charge in [-0.15, -0.1) is 0 Å². The van der Waals surface area contributed by atoms with Crippen molar-refractivity contribution in [2.75, 3.05) is 45.9 Å². The van der Waals surface area contributed by atoms with Gasteiger partial charge >= 0.3 is 0 Å². The zero-order valence-electron chi connectivity index (χ0n) is 11.8. The number of nitrogens with zero attached hydrogens (tertiary/aromatic N) is 1. The number of piperidine rings is 1. The first-order chi connectivity index (χ1) is 9.29. The van der Waals surface area contributed by atoms with Crippen LogP contribution in [0.3, 0.4) is 0 Å². The molecular formula is C14H27N3O2. The minimum absolute atomic E-state index is 0.153. The van der Waals surface area contributed by atoms with Crippen LogP contribution in [0.2, 0.25) is 0 Å². The highest BCUT2D eigenvalue weighted by molar-refractivity contribution is 5.78. The van der Waals surface area contributed by atoms with E-state index in [1.54, 1.807) is 0 Å². The lowest BCUT2D eigenvalue weighted by Crippen LogP contribution is -2.45. The second kappa shape index (κ2) is 7.82. The van der Waals surface area contributed by atoms with Gasteiger partial charge in [-0.25, -0.2) is 0 Å². The van der Waals surface area contributed by atoms with Gasteiger partial charge in [0.2, 0.25) is 5.91 Å². The SMILES string of the molecule is NCCNC(=O)C1CCCN(CC2CCOCC2)C1. The molecule has 2 saturated heterocycles. The summed E-state index contributed by atoms with van der Waals surface area (Å²) in [5, 5.41) is 2.92. The molecule has 1 amide bonds. The number of likely N-dealkylation sites (tertiary alicyclic amines) is 1. The summed E-state index contributed by atoms with van der Waals surface area (Å²) in [5.74, 6) is 1.09. The standard InChI is InChI=1S/C14H27N3O2/c15-5-6-16-14(18)13-2-1-7-17(11-13)10-12-3-8-19-9-4-12/h12-13H,1-11,15H2,(H,16,18). The van der Waals surface area contributed by atoms with E-state index in [1.165, 1.54) is 12.8 Å². The summed E-state index contributed by atoms with van der Waals surface area (Å²) >= 11 is 0. The number of hydrogen-bond donors (Lipinski definition) is 2. The van der Waals surface area contributed by atoms with Crippen molar-refractivity contribution in [3.05, 3.63) is 0 Å². The molecule has 0 aromatic rings. The van der Waals surface area contributed by atoms with Crippen LogP contribution in [-0.4, -0.2) is 56.7 Å². The number of amides is 1. The molecule has 0 aliphatic carbocycles. The Morgan fingerprint density at radius 2 is 2.11 bits per heavy atom. The average molecular weight is 269 g/mol. The predicted octanol–water partition coefficient (Wildman–Crippen LogP) is 0.200. The topological polar surface area (TPSA) is 67.6 Å². The van der Waals surface area contributed by atoms with Crippen LogP contribution in [0.5, 0.6) is 0 Å². The second-order valence-corrected chi connectivity index (χ2v) is 5.73. The van der Waals surface area contributed by atoms with Crippen LogP contribution in [0, 0.1) is 11.8 Å². The number of rotatable bonds is 5. The fourth-order valence-corrected chi connectivity index (χ4v) is 3.07. The third-order valence-electron chi connectivity index (χ3n) is 4.18. The number of ether oxygens (including phenoxy) is 1. The van der Waals surface area contributed by atoms with Crippen LogP contribution in [0.4, 0.5) is 0 Å². The Kier molecular flexibility index (Phi) is 6.07. The van der Waals surface area contributed by atoms with Gasteiger partial charge in [-0.2, -0.15) is 0 Å². The summed E-state index contributed by atoms with van der Waals surface area (Å²) < 4.78 is 5.40. The van der Waals surface area contributed by atoms with Crippen LogP contribution in [0.15, 0.2) is 0 Å². The third kappa shape index (κ3) is 4.75. The summed E-state index contributed by atoms with van der Waals surface area (Å²) in [7, 11) is 0. The van der Waals surface area contributed by atoms with E-state index in [9.17, 15) is 4.79 Å². The minimum atomic E-state index is 0.153. The van der Waals surface area contributed by atoms with Crippen molar-refractivity contribution in [2.45, 2.75) is 25.7 Å². The number of nitrogens with one attached hydrogen (secondary N) is 1. The lowest BCUT2D eigenvalue weighted by Gasteiger charge is -2.35. The van der Waals surface area contributed by atoms with Crippen molar-refractivity contribution in [2.24, 2.45) is 17.6 Å². The molecule has 1 atom stereocenters. The lowest BCUT2D eigenvalue weighted by atomic mass is 9.94. The summed E-state index contributed by atoms with van der Waals surface area (Å²) in [5.41, 5.74) is 5.42. The fourth-order valence-electron chi connectivity index (χ4n) is 3.07. The van der Waals surface area contributed by atoms with Gasteiger partial charge in [0.25, 0.3) is 0 Å². The molecule has 2 rings (SSSR count). The molecule has 110 valence electrons. The van der Waals surface area contributed by atoms with Gasteiger partial charge in [0.05, 0.1) is 5.92 Å². The molecule has 0 bridgehead atoms. The number of hydrogen-bond acceptors (Lipinski definition) is 4. The lowest BCUT2D eigenvalue weighted by molar-refractivity contribution is -0.126. The fraction of sp³-hybridized carbons (Fsp3) is 0.929. The van der Waals surface area contributed by atoms with Gasteiger partial charge in [-0.3, -0.25) is 4.79 Å². The van der Waals surface area contributed by atoms with Gasteiger partial charge < -0.3 is 20.7 Å². The number of carbonyl (C=O) groups excluding carboxylic acids is 1. The first-order valence-corrected chi connectivity index (χ1v) is 7.57. The van der Waals surface area contributed by atoms with E-state index < -0.39 is 0 Å². The molecule has 2 fully saturated rings. The normalized spacial score (nSPS) is 26.3. The quantitative estimate of drug-likeness (QED) is 0.748. The van der Waals surface area contributed by atoms with E-state index >= 15 is 0 Å². The van der Waals surface area contributed by atoms with Gasteiger partial charge in [0.15, 0.2) is 0 Å². The summed E-state index contributed by atoms with van der Waals surface area (Å²) in [6.07, 6.45) is 4.48. The maximum absolute atomic E-state index is 12.0. The van der Waals surface area contributed by atoms with Crippen LogP contribution < -0.4 is 11.1 Å². The van der Waals surface area contributed by atoms with Crippen molar-refractivity contribution in [1.29, 1.82) is 0 Å². The molecule has 2 aliphatic heterocycles.